The quantitative estimate of drug-likeness (QED) is 0.530. The minimum absolute atomic E-state index is 0.0621. The lowest BCUT2D eigenvalue weighted by Gasteiger charge is -2.16. The summed E-state index contributed by atoms with van der Waals surface area (Å²) in [6, 6.07) is 9.38. The van der Waals surface area contributed by atoms with Crippen LogP contribution in [-0.4, -0.2) is 25.4 Å². The summed E-state index contributed by atoms with van der Waals surface area (Å²) >= 11 is 7.34. The second kappa shape index (κ2) is 9.03. The molecule has 0 unspecified atom stereocenters. The van der Waals surface area contributed by atoms with Gasteiger partial charge in [-0.1, -0.05) is 11.6 Å². The Hall–Kier alpha value is -2.62. The number of carbonyl (C=O) groups is 1. The molecule has 0 saturated heterocycles. The van der Waals surface area contributed by atoms with Gasteiger partial charge in [0.2, 0.25) is 0 Å². The topological polar surface area (TPSA) is 97.4 Å². The molecule has 0 radical (unpaired) electrons. The Morgan fingerprint density at radius 3 is 2.37 bits per heavy atom. The van der Waals surface area contributed by atoms with Gasteiger partial charge in [-0.15, -0.1) is 11.3 Å². The van der Waals surface area contributed by atoms with Crippen molar-refractivity contribution in [3.8, 4) is 5.75 Å². The average molecular weight is 466 g/mol. The van der Waals surface area contributed by atoms with Crippen molar-refractivity contribution in [2.75, 3.05) is 10.0 Å². The number of hydrogen-bond donors (Lipinski definition) is 2. The van der Waals surface area contributed by atoms with E-state index in [1.165, 1.54) is 41.8 Å². The first-order valence-electron chi connectivity index (χ1n) is 8.92. The van der Waals surface area contributed by atoms with Gasteiger partial charge < -0.3 is 10.1 Å². The standard InChI is InChI=1S/C20H20ClN3O4S2/c1-12-10-16(11-13(2)18(12)21)28-14(3)19(25)23-15-4-6-17(7-5-15)30(26,27)24-20-22-8-9-29-20/h4-11,14H,1-3H3,(H,22,24)(H,23,25)/t14-/m0/s1. The zero-order chi connectivity index (χ0) is 21.9. The van der Waals surface area contributed by atoms with E-state index in [0.29, 0.717) is 16.5 Å². The number of benzene rings is 2. The van der Waals surface area contributed by atoms with Gasteiger partial charge in [-0.3, -0.25) is 9.52 Å². The molecule has 2 N–H and O–H groups in total. The maximum atomic E-state index is 12.4. The van der Waals surface area contributed by atoms with Crippen LogP contribution in [0.2, 0.25) is 5.02 Å². The highest BCUT2D eigenvalue weighted by atomic mass is 35.5. The Bertz CT molecular complexity index is 1120. The maximum Gasteiger partial charge on any atom is 0.265 e. The molecule has 0 bridgehead atoms. The molecule has 0 aliphatic rings. The molecule has 0 spiro atoms. The highest BCUT2D eigenvalue weighted by Crippen LogP contribution is 2.26. The van der Waals surface area contributed by atoms with Crippen molar-refractivity contribution in [2.24, 2.45) is 0 Å². The van der Waals surface area contributed by atoms with Gasteiger partial charge in [0.25, 0.3) is 15.9 Å². The minimum Gasteiger partial charge on any atom is -0.481 e. The molecule has 0 aliphatic heterocycles. The van der Waals surface area contributed by atoms with Crippen molar-refractivity contribution in [3.05, 3.63) is 64.1 Å². The van der Waals surface area contributed by atoms with E-state index in [1.54, 1.807) is 24.4 Å². The fraction of sp³-hybridized carbons (Fsp3) is 0.200. The zero-order valence-electron chi connectivity index (χ0n) is 16.5. The number of thiazole rings is 1. The Kier molecular flexibility index (Phi) is 6.64. The van der Waals surface area contributed by atoms with Crippen LogP contribution in [0.4, 0.5) is 10.8 Å². The maximum absolute atomic E-state index is 12.4. The number of ether oxygens (including phenoxy) is 1. The molecule has 0 aliphatic carbocycles. The van der Waals surface area contributed by atoms with E-state index in [0.717, 1.165) is 11.1 Å². The van der Waals surface area contributed by atoms with Crippen molar-refractivity contribution in [3.63, 3.8) is 0 Å². The number of nitrogens with one attached hydrogen (secondary N) is 2. The first-order chi connectivity index (χ1) is 14.2. The van der Waals surface area contributed by atoms with Gasteiger partial charge in [0.1, 0.15) is 5.75 Å². The van der Waals surface area contributed by atoms with Crippen LogP contribution in [-0.2, 0) is 14.8 Å². The number of aryl methyl sites for hydroxylation is 2. The van der Waals surface area contributed by atoms with Crippen LogP contribution >= 0.6 is 22.9 Å². The predicted octanol–water partition coefficient (Wildman–Crippen LogP) is 4.62. The van der Waals surface area contributed by atoms with Gasteiger partial charge in [-0.2, -0.15) is 0 Å². The number of anilines is 2. The van der Waals surface area contributed by atoms with Crippen LogP contribution in [0, 0.1) is 13.8 Å². The van der Waals surface area contributed by atoms with Gasteiger partial charge in [0.05, 0.1) is 4.90 Å². The molecule has 0 saturated carbocycles. The van der Waals surface area contributed by atoms with Crippen LogP contribution in [0.5, 0.6) is 5.75 Å². The van der Waals surface area contributed by atoms with Crippen molar-refractivity contribution in [2.45, 2.75) is 31.8 Å². The predicted molar refractivity (Wildman–Crippen MR) is 119 cm³/mol. The molecule has 10 heteroatoms. The highest BCUT2D eigenvalue weighted by molar-refractivity contribution is 7.93. The molecule has 3 rings (SSSR count). The number of carbonyl (C=O) groups excluding carboxylic acids is 1. The summed E-state index contributed by atoms with van der Waals surface area (Å²) < 4.78 is 32.8. The number of hydrogen-bond acceptors (Lipinski definition) is 6. The van der Waals surface area contributed by atoms with Gasteiger partial charge in [-0.25, -0.2) is 13.4 Å². The summed E-state index contributed by atoms with van der Waals surface area (Å²) in [5.74, 6) is 0.184. The third kappa shape index (κ3) is 5.29. The molecule has 7 nitrogen and oxygen atoms in total. The second-order valence-corrected chi connectivity index (χ2v) is 9.54. The van der Waals surface area contributed by atoms with E-state index in [9.17, 15) is 13.2 Å². The Balaban J connectivity index is 1.64. The third-order valence-electron chi connectivity index (χ3n) is 4.18. The van der Waals surface area contributed by atoms with Crippen molar-refractivity contribution >= 4 is 49.7 Å². The number of aromatic nitrogens is 1. The van der Waals surface area contributed by atoms with Crippen molar-refractivity contribution in [1.29, 1.82) is 0 Å². The normalized spacial score (nSPS) is 12.3. The summed E-state index contributed by atoms with van der Waals surface area (Å²) in [4.78, 5) is 16.4. The number of halogens is 1. The molecular weight excluding hydrogens is 446 g/mol. The van der Waals surface area contributed by atoms with Crippen LogP contribution in [0.25, 0.3) is 0 Å². The lowest BCUT2D eigenvalue weighted by molar-refractivity contribution is -0.122. The Morgan fingerprint density at radius 2 is 1.80 bits per heavy atom. The minimum atomic E-state index is -3.75. The molecule has 1 amide bonds. The largest absolute Gasteiger partial charge is 0.481 e. The summed E-state index contributed by atoms with van der Waals surface area (Å²) in [5, 5.41) is 5.33. The summed E-state index contributed by atoms with van der Waals surface area (Å²) in [7, 11) is -3.75. The van der Waals surface area contributed by atoms with E-state index in [4.69, 9.17) is 16.3 Å². The monoisotopic (exact) mass is 465 g/mol. The number of nitrogens with zero attached hydrogens (tertiary/aromatic N) is 1. The summed E-state index contributed by atoms with van der Waals surface area (Å²) in [5.41, 5.74) is 2.18. The van der Waals surface area contributed by atoms with E-state index < -0.39 is 16.1 Å². The van der Waals surface area contributed by atoms with Crippen molar-refractivity contribution < 1.29 is 17.9 Å². The second-order valence-electron chi connectivity index (χ2n) is 6.59. The molecule has 158 valence electrons. The number of rotatable bonds is 7. The first kappa shape index (κ1) is 22.1. The Morgan fingerprint density at radius 1 is 1.17 bits per heavy atom. The fourth-order valence-electron chi connectivity index (χ4n) is 2.64. The van der Waals surface area contributed by atoms with Crippen LogP contribution < -0.4 is 14.8 Å². The molecule has 2 aromatic carbocycles. The highest BCUT2D eigenvalue weighted by Gasteiger charge is 2.18. The van der Waals surface area contributed by atoms with Gasteiger partial charge >= 0.3 is 0 Å². The van der Waals surface area contributed by atoms with E-state index in [-0.39, 0.29) is 15.9 Å². The van der Waals surface area contributed by atoms with Gasteiger partial charge in [-0.05, 0) is 68.3 Å². The molecule has 1 heterocycles. The molecule has 1 aromatic heterocycles. The summed E-state index contributed by atoms with van der Waals surface area (Å²) in [6.45, 7) is 5.36. The van der Waals surface area contributed by atoms with Crippen molar-refractivity contribution in [1.82, 2.24) is 4.98 Å². The zero-order valence-corrected chi connectivity index (χ0v) is 18.9. The lowest BCUT2D eigenvalue weighted by Crippen LogP contribution is -2.30. The number of sulfonamides is 1. The van der Waals surface area contributed by atoms with Crippen LogP contribution in [0.15, 0.2) is 52.9 Å². The van der Waals surface area contributed by atoms with Crippen LogP contribution in [0.3, 0.4) is 0 Å². The molecule has 30 heavy (non-hydrogen) atoms. The third-order valence-corrected chi connectivity index (χ3v) is 6.95. The molecule has 0 fully saturated rings. The summed E-state index contributed by atoms with van der Waals surface area (Å²) in [6.07, 6.45) is 0.747. The molecule has 3 aromatic rings. The average Bonchev–Trinajstić information content (AvgIpc) is 3.18. The van der Waals surface area contributed by atoms with Gasteiger partial charge in [0, 0.05) is 22.3 Å². The smallest absolute Gasteiger partial charge is 0.265 e. The van der Waals surface area contributed by atoms with Gasteiger partial charge in [0.15, 0.2) is 11.2 Å². The SMILES string of the molecule is Cc1cc(O[C@@H](C)C(=O)Nc2ccc(S(=O)(=O)Nc3nccs3)cc2)cc(C)c1Cl. The molecule has 1 atom stereocenters. The van der Waals surface area contributed by atoms with E-state index in [2.05, 4.69) is 15.0 Å². The van der Waals surface area contributed by atoms with Crippen LogP contribution in [0.1, 0.15) is 18.1 Å². The number of amides is 1. The van der Waals surface area contributed by atoms with E-state index in [1.807, 2.05) is 13.8 Å². The fourth-order valence-corrected chi connectivity index (χ4v) is 4.54. The van der Waals surface area contributed by atoms with E-state index >= 15 is 0 Å². The molecular formula is C20H20ClN3O4S2. The Labute approximate surface area is 184 Å². The first-order valence-corrected chi connectivity index (χ1v) is 11.7. The lowest BCUT2D eigenvalue weighted by atomic mass is 10.1.